The fourth-order valence-electron chi connectivity index (χ4n) is 1.72. The van der Waals surface area contributed by atoms with Crippen molar-refractivity contribution < 1.29 is 5.11 Å². The SMILES string of the molecule is CCC(C)N(CC)Cc1ccc(O)c(Cl)c1. The average molecular weight is 242 g/mol. The minimum absolute atomic E-state index is 0.150. The summed E-state index contributed by atoms with van der Waals surface area (Å²) in [6.07, 6.45) is 1.14. The minimum atomic E-state index is 0.150. The van der Waals surface area contributed by atoms with Gasteiger partial charge >= 0.3 is 0 Å². The van der Waals surface area contributed by atoms with Crippen molar-refractivity contribution in [2.75, 3.05) is 6.54 Å². The van der Waals surface area contributed by atoms with Crippen molar-refractivity contribution in [2.45, 2.75) is 39.8 Å². The standard InChI is InChI=1S/C13H20ClNO/c1-4-10(3)15(5-2)9-11-6-7-13(16)12(14)8-11/h6-8,10,16H,4-5,9H2,1-3H3. The average Bonchev–Trinajstić information content (AvgIpc) is 2.29. The monoisotopic (exact) mass is 241 g/mol. The maximum atomic E-state index is 9.34. The number of rotatable bonds is 5. The molecule has 16 heavy (non-hydrogen) atoms. The van der Waals surface area contributed by atoms with E-state index in [1.807, 2.05) is 12.1 Å². The van der Waals surface area contributed by atoms with Crippen molar-refractivity contribution in [1.29, 1.82) is 0 Å². The van der Waals surface area contributed by atoms with Crippen molar-refractivity contribution in [1.82, 2.24) is 4.90 Å². The van der Waals surface area contributed by atoms with Crippen LogP contribution in [0.3, 0.4) is 0 Å². The van der Waals surface area contributed by atoms with Crippen LogP contribution in [0, 0.1) is 0 Å². The van der Waals surface area contributed by atoms with Crippen LogP contribution < -0.4 is 0 Å². The van der Waals surface area contributed by atoms with Crippen LogP contribution in [0.25, 0.3) is 0 Å². The van der Waals surface area contributed by atoms with Crippen molar-refractivity contribution >= 4 is 11.6 Å². The van der Waals surface area contributed by atoms with Gasteiger partial charge in [-0.2, -0.15) is 0 Å². The van der Waals surface area contributed by atoms with Gasteiger partial charge < -0.3 is 5.11 Å². The van der Waals surface area contributed by atoms with Crippen LogP contribution in [-0.2, 0) is 6.54 Å². The van der Waals surface area contributed by atoms with Gasteiger partial charge in [-0.3, -0.25) is 4.90 Å². The highest BCUT2D eigenvalue weighted by atomic mass is 35.5. The molecule has 0 saturated heterocycles. The van der Waals surface area contributed by atoms with Gasteiger partial charge in [0.25, 0.3) is 0 Å². The summed E-state index contributed by atoms with van der Waals surface area (Å²) in [6.45, 7) is 8.48. The van der Waals surface area contributed by atoms with Gasteiger partial charge in [-0.05, 0) is 37.6 Å². The van der Waals surface area contributed by atoms with Gasteiger partial charge in [0.15, 0.2) is 0 Å². The van der Waals surface area contributed by atoms with Crippen LogP contribution in [0.4, 0.5) is 0 Å². The number of halogens is 1. The van der Waals surface area contributed by atoms with Crippen LogP contribution in [0.5, 0.6) is 5.75 Å². The zero-order chi connectivity index (χ0) is 12.1. The second-order valence-corrected chi connectivity index (χ2v) is 4.51. The number of hydrogen-bond acceptors (Lipinski definition) is 2. The van der Waals surface area contributed by atoms with Crippen LogP contribution >= 0.6 is 11.6 Å². The molecule has 1 aromatic rings. The molecule has 0 saturated carbocycles. The lowest BCUT2D eigenvalue weighted by atomic mass is 10.1. The number of benzene rings is 1. The summed E-state index contributed by atoms with van der Waals surface area (Å²) in [5, 5.41) is 9.77. The third-order valence-electron chi connectivity index (χ3n) is 3.02. The van der Waals surface area contributed by atoms with Gasteiger partial charge in [0.05, 0.1) is 5.02 Å². The molecule has 2 nitrogen and oxygen atoms in total. The van der Waals surface area contributed by atoms with E-state index in [2.05, 4.69) is 25.7 Å². The third kappa shape index (κ3) is 3.39. The van der Waals surface area contributed by atoms with Crippen LogP contribution in [0.15, 0.2) is 18.2 Å². The molecule has 1 atom stereocenters. The second-order valence-electron chi connectivity index (χ2n) is 4.11. The van der Waals surface area contributed by atoms with E-state index in [4.69, 9.17) is 11.6 Å². The molecule has 1 aromatic carbocycles. The maximum absolute atomic E-state index is 9.34. The number of aromatic hydroxyl groups is 1. The molecule has 0 radical (unpaired) electrons. The molecule has 90 valence electrons. The number of phenols is 1. The summed E-state index contributed by atoms with van der Waals surface area (Å²) in [5.41, 5.74) is 1.14. The molecule has 0 spiro atoms. The van der Waals surface area contributed by atoms with E-state index in [0.717, 1.165) is 25.1 Å². The van der Waals surface area contributed by atoms with E-state index < -0.39 is 0 Å². The van der Waals surface area contributed by atoms with Gasteiger partial charge in [0.2, 0.25) is 0 Å². The molecule has 0 heterocycles. The normalized spacial score (nSPS) is 13.1. The topological polar surface area (TPSA) is 23.5 Å². The van der Waals surface area contributed by atoms with Gasteiger partial charge in [-0.25, -0.2) is 0 Å². The van der Waals surface area contributed by atoms with Crippen molar-refractivity contribution in [3.8, 4) is 5.75 Å². The molecule has 0 amide bonds. The van der Waals surface area contributed by atoms with E-state index in [1.165, 1.54) is 0 Å². The molecule has 0 aliphatic carbocycles. The summed E-state index contributed by atoms with van der Waals surface area (Å²) in [5.74, 6) is 0.150. The Kier molecular flexibility index (Phi) is 5.10. The molecule has 0 bridgehead atoms. The molecule has 1 unspecified atom stereocenters. The highest BCUT2D eigenvalue weighted by molar-refractivity contribution is 6.32. The summed E-state index contributed by atoms with van der Waals surface area (Å²) in [6, 6.07) is 5.98. The number of hydrogen-bond donors (Lipinski definition) is 1. The minimum Gasteiger partial charge on any atom is -0.506 e. The Balaban J connectivity index is 2.74. The molecule has 1 N–H and O–H groups in total. The van der Waals surface area contributed by atoms with E-state index in [1.54, 1.807) is 6.07 Å². The predicted octanol–water partition coefficient (Wildman–Crippen LogP) is 3.67. The first-order chi connectivity index (χ1) is 7.58. The molecule has 0 aromatic heterocycles. The molecule has 1 rings (SSSR count). The summed E-state index contributed by atoms with van der Waals surface area (Å²) in [4.78, 5) is 2.39. The summed E-state index contributed by atoms with van der Waals surface area (Å²) < 4.78 is 0. The lowest BCUT2D eigenvalue weighted by molar-refractivity contribution is 0.206. The van der Waals surface area contributed by atoms with Crippen molar-refractivity contribution in [3.63, 3.8) is 0 Å². The van der Waals surface area contributed by atoms with Gasteiger partial charge in [0, 0.05) is 12.6 Å². The van der Waals surface area contributed by atoms with Gasteiger partial charge in [-0.15, -0.1) is 0 Å². The van der Waals surface area contributed by atoms with Crippen molar-refractivity contribution in [3.05, 3.63) is 28.8 Å². The lowest BCUT2D eigenvalue weighted by Crippen LogP contribution is -2.31. The Bertz CT molecular complexity index is 341. The van der Waals surface area contributed by atoms with Crippen LogP contribution in [0.2, 0.25) is 5.02 Å². The second kappa shape index (κ2) is 6.12. The first-order valence-corrected chi connectivity index (χ1v) is 6.17. The smallest absolute Gasteiger partial charge is 0.134 e. The predicted molar refractivity (Wildman–Crippen MR) is 69.0 cm³/mol. The fourth-order valence-corrected chi connectivity index (χ4v) is 1.92. The molecule has 3 heteroatoms. The first kappa shape index (κ1) is 13.3. The Morgan fingerprint density at radius 2 is 2.06 bits per heavy atom. The highest BCUT2D eigenvalue weighted by Crippen LogP contribution is 2.24. The zero-order valence-electron chi connectivity index (χ0n) is 10.2. The molecule has 0 fully saturated rings. The Labute approximate surface area is 103 Å². The van der Waals surface area contributed by atoms with E-state index in [0.29, 0.717) is 11.1 Å². The van der Waals surface area contributed by atoms with Gasteiger partial charge in [-0.1, -0.05) is 31.5 Å². The van der Waals surface area contributed by atoms with Gasteiger partial charge in [0.1, 0.15) is 5.75 Å². The highest BCUT2D eigenvalue weighted by Gasteiger charge is 2.11. The molecular formula is C13H20ClNO. The Hall–Kier alpha value is -0.730. The summed E-state index contributed by atoms with van der Waals surface area (Å²) in [7, 11) is 0. The largest absolute Gasteiger partial charge is 0.506 e. The van der Waals surface area contributed by atoms with Crippen LogP contribution in [0.1, 0.15) is 32.8 Å². The summed E-state index contributed by atoms with van der Waals surface area (Å²) >= 11 is 5.89. The van der Waals surface area contributed by atoms with E-state index in [-0.39, 0.29) is 5.75 Å². The Morgan fingerprint density at radius 1 is 1.38 bits per heavy atom. The molecule has 0 aliphatic rings. The molecular weight excluding hydrogens is 222 g/mol. The third-order valence-corrected chi connectivity index (χ3v) is 3.32. The fraction of sp³-hybridized carbons (Fsp3) is 0.538. The number of nitrogens with zero attached hydrogens (tertiary/aromatic N) is 1. The maximum Gasteiger partial charge on any atom is 0.134 e. The first-order valence-electron chi connectivity index (χ1n) is 5.79. The van der Waals surface area contributed by atoms with Crippen LogP contribution in [-0.4, -0.2) is 22.6 Å². The lowest BCUT2D eigenvalue weighted by Gasteiger charge is -2.27. The quantitative estimate of drug-likeness (QED) is 0.851. The van der Waals surface area contributed by atoms with E-state index in [9.17, 15) is 5.11 Å². The van der Waals surface area contributed by atoms with E-state index >= 15 is 0 Å². The Morgan fingerprint density at radius 3 is 2.56 bits per heavy atom. The number of phenolic OH excluding ortho intramolecular Hbond substituents is 1. The zero-order valence-corrected chi connectivity index (χ0v) is 11.0. The molecule has 0 aliphatic heterocycles. The van der Waals surface area contributed by atoms with Crippen molar-refractivity contribution in [2.24, 2.45) is 0 Å².